The van der Waals surface area contributed by atoms with Crippen molar-refractivity contribution in [3.8, 4) is 5.75 Å². The van der Waals surface area contributed by atoms with Gasteiger partial charge >= 0.3 is 11.9 Å². The minimum absolute atomic E-state index is 0.0703. The summed E-state index contributed by atoms with van der Waals surface area (Å²) in [6.45, 7) is 2.58. The molecule has 158 valence electrons. The minimum atomic E-state index is -0.482. The van der Waals surface area contributed by atoms with Crippen LogP contribution in [0.2, 0.25) is 0 Å². The van der Waals surface area contributed by atoms with E-state index in [2.05, 4.69) is 5.32 Å². The van der Waals surface area contributed by atoms with Gasteiger partial charge in [-0.25, -0.2) is 4.79 Å². The number of urea groups is 1. The van der Waals surface area contributed by atoms with Gasteiger partial charge in [0.2, 0.25) is 0 Å². The van der Waals surface area contributed by atoms with Crippen LogP contribution in [-0.4, -0.2) is 57.5 Å². The predicted octanol–water partition coefficient (Wildman–Crippen LogP) is 2.69. The molecule has 0 aromatic heterocycles. The van der Waals surface area contributed by atoms with Crippen molar-refractivity contribution >= 4 is 35.3 Å². The van der Waals surface area contributed by atoms with Gasteiger partial charge in [0.1, 0.15) is 18.0 Å². The zero-order valence-corrected chi connectivity index (χ0v) is 17.8. The van der Waals surface area contributed by atoms with E-state index in [-0.39, 0.29) is 30.9 Å². The van der Waals surface area contributed by atoms with Gasteiger partial charge in [-0.3, -0.25) is 4.79 Å². The number of hydrogen-bond donors (Lipinski definition) is 1. The highest BCUT2D eigenvalue weighted by molar-refractivity contribution is 8.04. The van der Waals surface area contributed by atoms with Crippen LogP contribution in [0.15, 0.2) is 35.7 Å². The lowest BCUT2D eigenvalue weighted by Gasteiger charge is -2.24. The molecule has 30 heavy (non-hydrogen) atoms. The van der Waals surface area contributed by atoms with Crippen LogP contribution in [0.5, 0.6) is 5.75 Å². The fourth-order valence-electron chi connectivity index (χ4n) is 4.08. The van der Waals surface area contributed by atoms with Gasteiger partial charge in [-0.1, -0.05) is 25.0 Å². The van der Waals surface area contributed by atoms with Crippen molar-refractivity contribution < 1.29 is 23.7 Å². The molecular weight excluding hydrogens is 402 g/mol. The lowest BCUT2D eigenvalue weighted by Crippen LogP contribution is -2.56. The molecule has 2 aliphatic heterocycles. The molecule has 4 rings (SSSR count). The van der Waals surface area contributed by atoms with E-state index in [1.54, 1.807) is 6.08 Å². The van der Waals surface area contributed by atoms with Crippen LogP contribution in [0, 0.1) is 0 Å². The van der Waals surface area contributed by atoms with Crippen LogP contribution < -0.4 is 10.1 Å². The Morgan fingerprint density at radius 2 is 1.97 bits per heavy atom. The monoisotopic (exact) mass is 428 g/mol. The number of amides is 4. The standard InChI is InChI=1S/C22H25N3O4S/c1-2-29-17-9-7-15(8-10-17)13-25-21(27)20-18(11-12-30-20)24(22(25)28)14-19(26)23-16-5-3-4-6-16/h7-12,16,20H,2-6,13-14H2,1H3/p+1. The van der Waals surface area contributed by atoms with Crippen LogP contribution in [0.4, 0.5) is 4.79 Å². The Labute approximate surface area is 180 Å². The fraction of sp³-hybridized carbons (Fsp3) is 0.455. The Hall–Kier alpha value is -2.61. The maximum Gasteiger partial charge on any atom is 0.501 e. The number of thioether (sulfide) groups is 1. The molecule has 1 aromatic carbocycles. The highest BCUT2D eigenvalue weighted by Gasteiger charge is 2.49. The lowest BCUT2D eigenvalue weighted by atomic mass is 10.1. The summed E-state index contributed by atoms with van der Waals surface area (Å²) in [7, 11) is 0. The number of rotatable bonds is 7. The van der Waals surface area contributed by atoms with Gasteiger partial charge in [0.25, 0.3) is 5.91 Å². The first-order valence-corrected chi connectivity index (χ1v) is 11.3. The third kappa shape index (κ3) is 4.28. The van der Waals surface area contributed by atoms with E-state index in [1.165, 1.54) is 21.2 Å². The molecule has 4 amide bonds. The average molecular weight is 429 g/mol. The third-order valence-corrected chi connectivity index (χ3v) is 6.59. The number of ether oxygens (including phenoxy) is 1. The summed E-state index contributed by atoms with van der Waals surface area (Å²) in [6.07, 6.45) is 5.98. The zero-order chi connectivity index (χ0) is 21.1. The molecule has 7 nitrogen and oxygen atoms in total. The second kappa shape index (κ2) is 9.04. The average Bonchev–Trinajstić information content (AvgIpc) is 3.42. The van der Waals surface area contributed by atoms with Gasteiger partial charge in [0.05, 0.1) is 6.61 Å². The quantitative estimate of drug-likeness (QED) is 0.676. The molecule has 2 heterocycles. The van der Waals surface area contributed by atoms with Crippen molar-refractivity contribution in [1.82, 2.24) is 10.2 Å². The summed E-state index contributed by atoms with van der Waals surface area (Å²) in [4.78, 5) is 40.0. The van der Waals surface area contributed by atoms with E-state index in [1.807, 2.05) is 36.6 Å². The number of nitrogens with zero attached hydrogens (tertiary/aromatic N) is 2. The summed E-state index contributed by atoms with van der Waals surface area (Å²) in [5, 5.41) is 4.36. The number of imide groups is 1. The minimum Gasteiger partial charge on any atom is -0.494 e. The van der Waals surface area contributed by atoms with Crippen LogP contribution >= 0.6 is 11.8 Å². The van der Waals surface area contributed by atoms with E-state index in [0.717, 1.165) is 37.0 Å². The maximum atomic E-state index is 13.2. The summed E-state index contributed by atoms with van der Waals surface area (Å²) >= 11 is 1.37. The van der Waals surface area contributed by atoms with Gasteiger partial charge in [0.15, 0.2) is 11.8 Å². The fourth-order valence-corrected chi connectivity index (χ4v) is 5.05. The predicted molar refractivity (Wildman–Crippen MR) is 115 cm³/mol. The van der Waals surface area contributed by atoms with E-state index in [0.29, 0.717) is 12.3 Å². The van der Waals surface area contributed by atoms with Crippen molar-refractivity contribution in [2.24, 2.45) is 0 Å². The molecule has 0 radical (unpaired) electrons. The SMILES string of the molecule is CCOc1ccc(CN2C(=O)C3SC=CC3=[N+](CC(=O)NC3CCCC3)C2=O)cc1. The zero-order valence-electron chi connectivity index (χ0n) is 17.0. The highest BCUT2D eigenvalue weighted by atomic mass is 32.2. The normalized spacial score (nSPS) is 21.4. The number of nitrogens with one attached hydrogen (secondary N) is 1. The highest BCUT2D eigenvalue weighted by Crippen LogP contribution is 2.29. The number of carbonyl (C=O) groups is 3. The van der Waals surface area contributed by atoms with Crippen molar-refractivity contribution in [3.05, 3.63) is 41.3 Å². The van der Waals surface area contributed by atoms with Crippen molar-refractivity contribution in [3.63, 3.8) is 0 Å². The Kier molecular flexibility index (Phi) is 6.22. The van der Waals surface area contributed by atoms with E-state index in [4.69, 9.17) is 4.74 Å². The van der Waals surface area contributed by atoms with Gasteiger partial charge in [0, 0.05) is 6.04 Å². The molecular formula is C22H26N3O4S+. The van der Waals surface area contributed by atoms with E-state index in [9.17, 15) is 14.4 Å². The van der Waals surface area contributed by atoms with Gasteiger partial charge < -0.3 is 10.1 Å². The topological polar surface area (TPSA) is 78.7 Å². The first kappa shape index (κ1) is 20.7. The smallest absolute Gasteiger partial charge is 0.494 e. The summed E-state index contributed by atoms with van der Waals surface area (Å²) < 4.78 is 6.90. The number of carbonyl (C=O) groups excluding carboxylic acids is 3. The molecule has 1 unspecified atom stereocenters. The van der Waals surface area contributed by atoms with Crippen molar-refractivity contribution in [2.75, 3.05) is 13.2 Å². The number of allylic oxidation sites excluding steroid dienone is 1. The second-order valence-electron chi connectivity index (χ2n) is 7.66. The molecule has 1 aliphatic carbocycles. The van der Waals surface area contributed by atoms with Gasteiger partial charge in [-0.15, -0.1) is 11.8 Å². The lowest BCUT2D eigenvalue weighted by molar-refractivity contribution is -0.427. The Bertz CT molecular complexity index is 903. The van der Waals surface area contributed by atoms with Crippen molar-refractivity contribution in [2.45, 2.75) is 50.4 Å². The summed E-state index contributed by atoms with van der Waals surface area (Å²) in [5.74, 6) is 0.322. The Morgan fingerprint density at radius 3 is 2.67 bits per heavy atom. The van der Waals surface area contributed by atoms with E-state index < -0.39 is 11.3 Å². The molecule has 0 bridgehead atoms. The van der Waals surface area contributed by atoms with Gasteiger partial charge in [-0.2, -0.15) is 14.3 Å². The molecule has 0 spiro atoms. The second-order valence-corrected chi connectivity index (χ2v) is 8.68. The maximum absolute atomic E-state index is 13.2. The first-order chi connectivity index (χ1) is 14.6. The third-order valence-electron chi connectivity index (χ3n) is 5.58. The summed E-state index contributed by atoms with van der Waals surface area (Å²) in [6, 6.07) is 7.09. The molecule has 8 heteroatoms. The molecule has 1 saturated carbocycles. The van der Waals surface area contributed by atoms with Crippen LogP contribution in [0.3, 0.4) is 0 Å². The molecule has 1 N–H and O–H groups in total. The largest absolute Gasteiger partial charge is 0.501 e. The molecule has 1 atom stereocenters. The molecule has 1 fully saturated rings. The van der Waals surface area contributed by atoms with Crippen molar-refractivity contribution in [1.29, 1.82) is 0 Å². The summed E-state index contributed by atoms with van der Waals surface area (Å²) in [5.41, 5.74) is 1.43. The van der Waals surface area contributed by atoms with E-state index >= 15 is 0 Å². The van der Waals surface area contributed by atoms with Crippen LogP contribution in [-0.2, 0) is 16.1 Å². The first-order valence-electron chi connectivity index (χ1n) is 10.4. The Morgan fingerprint density at radius 1 is 1.23 bits per heavy atom. The molecule has 1 aromatic rings. The number of benzene rings is 1. The molecule has 0 saturated heterocycles. The number of fused-ring (bicyclic) bond motifs is 1. The molecule has 3 aliphatic rings. The van der Waals surface area contributed by atoms with Crippen LogP contribution in [0.25, 0.3) is 0 Å². The van der Waals surface area contributed by atoms with Crippen LogP contribution in [0.1, 0.15) is 38.2 Å². The van der Waals surface area contributed by atoms with Gasteiger partial charge in [-0.05, 0) is 48.9 Å². The Balaban J connectivity index is 1.51. The number of hydrogen-bond acceptors (Lipinski definition) is 5.